The van der Waals surface area contributed by atoms with E-state index in [0.717, 1.165) is 30.6 Å². The standard InChI is InChI=1S/C31H49Cl/c1-22(10-8-18-30(4)16-6-7-17-30)27-14-15-28-26(11-9-19-31(27,28)5)13-12-25-20-23(2)24(3)29(32)21-25/h12-13,22-23,27-29H,3,6-11,14-21H2,1-2,4-5H3/b25-12-,26-13+/t22?,23-,27?,28?,29?,31?/m1/s1. The number of hydrogen-bond donors (Lipinski definition) is 0. The number of fused-ring (bicyclic) bond motifs is 1. The molecule has 1 heteroatoms. The van der Waals surface area contributed by atoms with Crippen molar-refractivity contribution in [3.63, 3.8) is 0 Å². The van der Waals surface area contributed by atoms with Crippen LogP contribution in [0, 0.1) is 34.5 Å². The van der Waals surface area contributed by atoms with Gasteiger partial charge in [-0.25, -0.2) is 0 Å². The third kappa shape index (κ3) is 5.11. The fourth-order valence-corrected chi connectivity index (χ4v) is 8.80. The minimum Gasteiger partial charge on any atom is -0.118 e. The maximum Gasteiger partial charge on any atom is 0.0582 e. The molecule has 0 aliphatic heterocycles. The Morgan fingerprint density at radius 2 is 1.81 bits per heavy atom. The average Bonchev–Trinajstić information content (AvgIpc) is 3.33. The molecule has 32 heavy (non-hydrogen) atoms. The van der Waals surface area contributed by atoms with Crippen molar-refractivity contribution in [1.29, 1.82) is 0 Å². The molecule has 0 aromatic rings. The highest BCUT2D eigenvalue weighted by atomic mass is 35.5. The molecule has 5 unspecified atom stereocenters. The van der Waals surface area contributed by atoms with E-state index < -0.39 is 0 Å². The second-order valence-electron chi connectivity index (χ2n) is 12.9. The molecule has 0 amide bonds. The molecule has 4 aliphatic rings. The number of halogens is 1. The molecule has 0 bridgehead atoms. The van der Waals surface area contributed by atoms with Gasteiger partial charge in [-0.1, -0.05) is 88.8 Å². The Hall–Kier alpha value is -0.490. The number of rotatable bonds is 6. The first-order valence-electron chi connectivity index (χ1n) is 13.9. The van der Waals surface area contributed by atoms with Crippen molar-refractivity contribution < 1.29 is 0 Å². The lowest BCUT2D eigenvalue weighted by atomic mass is 9.60. The van der Waals surface area contributed by atoms with Gasteiger partial charge in [0.05, 0.1) is 5.38 Å². The van der Waals surface area contributed by atoms with Gasteiger partial charge < -0.3 is 0 Å². The molecule has 0 radical (unpaired) electrons. The van der Waals surface area contributed by atoms with Crippen molar-refractivity contribution in [2.75, 3.05) is 0 Å². The molecular weight excluding hydrogens is 408 g/mol. The third-order valence-corrected chi connectivity index (χ3v) is 11.0. The second kappa shape index (κ2) is 10.0. The summed E-state index contributed by atoms with van der Waals surface area (Å²) in [5.74, 6) is 3.15. The Morgan fingerprint density at radius 3 is 2.53 bits per heavy atom. The highest BCUT2D eigenvalue weighted by Crippen LogP contribution is 2.60. The van der Waals surface area contributed by atoms with Crippen LogP contribution in [0.5, 0.6) is 0 Å². The van der Waals surface area contributed by atoms with E-state index in [1.54, 1.807) is 5.57 Å². The van der Waals surface area contributed by atoms with E-state index >= 15 is 0 Å². The minimum absolute atomic E-state index is 0.128. The summed E-state index contributed by atoms with van der Waals surface area (Å²) in [5, 5.41) is 0.128. The number of alkyl halides is 1. The monoisotopic (exact) mass is 456 g/mol. The summed E-state index contributed by atoms with van der Waals surface area (Å²) >= 11 is 6.57. The molecule has 0 aromatic carbocycles. The van der Waals surface area contributed by atoms with Crippen LogP contribution < -0.4 is 0 Å². The molecule has 0 nitrogen and oxygen atoms in total. The van der Waals surface area contributed by atoms with Crippen molar-refractivity contribution in [2.45, 2.75) is 123 Å². The Bertz CT molecular complexity index is 720. The SMILES string of the molecule is C=C1C(Cl)C/C(=C\C=C2/CCCC3(C)C2CCC3C(C)CCCC2(C)CCCC2)C[C@H]1C. The molecule has 0 saturated heterocycles. The molecule has 4 aliphatic carbocycles. The van der Waals surface area contributed by atoms with Gasteiger partial charge in [-0.3, -0.25) is 0 Å². The molecule has 0 spiro atoms. The highest BCUT2D eigenvalue weighted by Gasteiger charge is 2.50. The van der Waals surface area contributed by atoms with E-state index in [9.17, 15) is 0 Å². The predicted octanol–water partition coefficient (Wildman–Crippen LogP) is 10.0. The zero-order valence-corrected chi connectivity index (χ0v) is 22.3. The number of hydrogen-bond acceptors (Lipinski definition) is 0. The third-order valence-electron chi connectivity index (χ3n) is 10.6. The first kappa shape index (κ1) is 24.6. The van der Waals surface area contributed by atoms with E-state index in [-0.39, 0.29) is 5.38 Å². The van der Waals surface area contributed by atoms with Gasteiger partial charge in [0.15, 0.2) is 0 Å². The fourth-order valence-electron chi connectivity index (χ4n) is 8.38. The summed E-state index contributed by atoms with van der Waals surface area (Å²) in [7, 11) is 0. The van der Waals surface area contributed by atoms with Crippen LogP contribution in [0.1, 0.15) is 118 Å². The van der Waals surface area contributed by atoms with Gasteiger partial charge in [0, 0.05) is 0 Å². The first-order chi connectivity index (χ1) is 15.2. The Labute approximate surface area is 204 Å². The Kier molecular flexibility index (Phi) is 7.71. The van der Waals surface area contributed by atoms with E-state index in [2.05, 4.69) is 46.4 Å². The van der Waals surface area contributed by atoms with Crippen LogP contribution >= 0.6 is 11.6 Å². The van der Waals surface area contributed by atoms with Crippen molar-refractivity contribution in [1.82, 2.24) is 0 Å². The minimum atomic E-state index is 0.128. The summed E-state index contributed by atoms with van der Waals surface area (Å²) in [4.78, 5) is 0. The zero-order valence-electron chi connectivity index (χ0n) is 21.5. The second-order valence-corrected chi connectivity index (χ2v) is 13.4. The van der Waals surface area contributed by atoms with Gasteiger partial charge in [-0.05, 0) is 98.7 Å². The van der Waals surface area contributed by atoms with Gasteiger partial charge in [-0.2, -0.15) is 0 Å². The quantitative estimate of drug-likeness (QED) is 0.275. The fraction of sp³-hybridized carbons (Fsp3) is 0.806. The van der Waals surface area contributed by atoms with Crippen LogP contribution in [-0.2, 0) is 0 Å². The Morgan fingerprint density at radius 1 is 1.06 bits per heavy atom. The highest BCUT2D eigenvalue weighted by molar-refractivity contribution is 6.22. The zero-order chi connectivity index (χ0) is 22.9. The average molecular weight is 457 g/mol. The largest absolute Gasteiger partial charge is 0.118 e. The summed E-state index contributed by atoms with van der Waals surface area (Å²) in [6.45, 7) is 14.3. The van der Waals surface area contributed by atoms with E-state index in [0.29, 0.717) is 16.7 Å². The van der Waals surface area contributed by atoms with E-state index in [1.165, 1.54) is 88.2 Å². The van der Waals surface area contributed by atoms with Crippen LogP contribution in [0.2, 0.25) is 0 Å². The summed E-state index contributed by atoms with van der Waals surface area (Å²) in [5.41, 5.74) is 5.72. The van der Waals surface area contributed by atoms with Crippen LogP contribution in [0.25, 0.3) is 0 Å². The van der Waals surface area contributed by atoms with E-state index in [4.69, 9.17) is 11.6 Å². The van der Waals surface area contributed by atoms with Crippen LogP contribution in [0.15, 0.2) is 35.5 Å². The molecule has 4 saturated carbocycles. The lowest BCUT2D eigenvalue weighted by Crippen LogP contribution is -2.36. The van der Waals surface area contributed by atoms with Gasteiger partial charge in [-0.15, -0.1) is 11.6 Å². The molecule has 4 fully saturated rings. The van der Waals surface area contributed by atoms with Gasteiger partial charge in [0.1, 0.15) is 0 Å². The summed E-state index contributed by atoms with van der Waals surface area (Å²) in [6.07, 6.45) is 24.4. The van der Waals surface area contributed by atoms with Gasteiger partial charge in [0.2, 0.25) is 0 Å². The summed E-state index contributed by atoms with van der Waals surface area (Å²) in [6, 6.07) is 0. The van der Waals surface area contributed by atoms with Crippen LogP contribution in [0.4, 0.5) is 0 Å². The first-order valence-corrected chi connectivity index (χ1v) is 14.4. The molecule has 0 aromatic heterocycles. The predicted molar refractivity (Wildman–Crippen MR) is 141 cm³/mol. The van der Waals surface area contributed by atoms with Crippen LogP contribution in [-0.4, -0.2) is 5.38 Å². The Balaban J connectivity index is 1.38. The van der Waals surface area contributed by atoms with Crippen LogP contribution in [0.3, 0.4) is 0 Å². The van der Waals surface area contributed by atoms with E-state index in [1.807, 2.05) is 0 Å². The lowest BCUT2D eigenvalue weighted by molar-refractivity contribution is 0.0916. The maximum atomic E-state index is 6.57. The van der Waals surface area contributed by atoms with Crippen molar-refractivity contribution in [2.24, 2.45) is 34.5 Å². The summed E-state index contributed by atoms with van der Waals surface area (Å²) < 4.78 is 0. The van der Waals surface area contributed by atoms with Crippen molar-refractivity contribution in [3.05, 3.63) is 35.5 Å². The van der Waals surface area contributed by atoms with Gasteiger partial charge in [0.25, 0.3) is 0 Å². The smallest absolute Gasteiger partial charge is 0.0582 e. The lowest BCUT2D eigenvalue weighted by Gasteiger charge is -2.44. The molecule has 0 heterocycles. The normalized spacial score (nSPS) is 40.7. The maximum absolute atomic E-state index is 6.57. The number of allylic oxidation sites excluding steroid dienone is 5. The van der Waals surface area contributed by atoms with Crippen molar-refractivity contribution in [3.8, 4) is 0 Å². The van der Waals surface area contributed by atoms with Gasteiger partial charge >= 0.3 is 0 Å². The molecular formula is C31H49Cl. The topological polar surface area (TPSA) is 0 Å². The molecule has 4 rings (SSSR count). The molecule has 6 atom stereocenters. The molecule has 0 N–H and O–H groups in total. The van der Waals surface area contributed by atoms with Crippen molar-refractivity contribution >= 4 is 11.6 Å². The molecule has 180 valence electrons.